The summed E-state index contributed by atoms with van der Waals surface area (Å²) in [5, 5.41) is 11.5. The van der Waals surface area contributed by atoms with E-state index >= 15 is 0 Å². The van der Waals surface area contributed by atoms with Gasteiger partial charge in [-0.1, -0.05) is 29.5 Å². The van der Waals surface area contributed by atoms with Gasteiger partial charge in [-0.05, 0) is 24.3 Å². The Bertz CT molecular complexity index is 731. The first-order chi connectivity index (χ1) is 10.3. The fourth-order valence-corrected chi connectivity index (χ4v) is 2.31. The topological polar surface area (TPSA) is 77.0 Å². The van der Waals surface area contributed by atoms with E-state index in [-0.39, 0.29) is 0 Å². The Labute approximate surface area is 124 Å². The summed E-state index contributed by atoms with van der Waals surface area (Å²) in [5.41, 5.74) is 0.847. The molecule has 0 saturated carbocycles. The zero-order valence-corrected chi connectivity index (χ0v) is 11.6. The van der Waals surface area contributed by atoms with Crippen LogP contribution in [0.5, 0.6) is 5.75 Å². The standard InChI is InChI=1S/C14H10N4O2S/c19-14(20-11-6-2-1-3-7-11)16-13-18-17-12(21-13)10-5-4-8-15-9-10/h1-9H,(H,16,18,19). The van der Waals surface area contributed by atoms with E-state index in [4.69, 9.17) is 4.74 Å². The number of aromatic nitrogens is 3. The Morgan fingerprint density at radius 2 is 1.95 bits per heavy atom. The molecule has 0 unspecified atom stereocenters. The summed E-state index contributed by atoms with van der Waals surface area (Å²) in [5.74, 6) is 0.465. The van der Waals surface area contributed by atoms with Gasteiger partial charge in [0.15, 0.2) is 5.01 Å². The van der Waals surface area contributed by atoms with E-state index in [2.05, 4.69) is 20.5 Å². The van der Waals surface area contributed by atoms with Gasteiger partial charge in [0.1, 0.15) is 5.75 Å². The Balaban J connectivity index is 1.66. The second-order valence-electron chi connectivity index (χ2n) is 3.98. The van der Waals surface area contributed by atoms with Gasteiger partial charge in [-0.3, -0.25) is 10.3 Å². The molecule has 0 fully saturated rings. The van der Waals surface area contributed by atoms with Gasteiger partial charge >= 0.3 is 6.09 Å². The molecule has 0 spiro atoms. The molecule has 7 heteroatoms. The van der Waals surface area contributed by atoms with E-state index < -0.39 is 6.09 Å². The van der Waals surface area contributed by atoms with Gasteiger partial charge in [-0.2, -0.15) is 0 Å². The molecule has 0 atom stereocenters. The highest BCUT2D eigenvalue weighted by molar-refractivity contribution is 7.18. The smallest absolute Gasteiger partial charge is 0.410 e. The number of hydrogen-bond acceptors (Lipinski definition) is 6. The number of para-hydroxylation sites is 1. The average Bonchev–Trinajstić information content (AvgIpc) is 2.97. The molecule has 6 nitrogen and oxygen atoms in total. The number of anilines is 1. The maximum atomic E-state index is 11.7. The van der Waals surface area contributed by atoms with E-state index in [1.54, 1.807) is 36.7 Å². The van der Waals surface area contributed by atoms with Gasteiger partial charge in [0.05, 0.1) is 0 Å². The summed E-state index contributed by atoms with van der Waals surface area (Å²) in [4.78, 5) is 15.7. The van der Waals surface area contributed by atoms with Crippen molar-refractivity contribution in [2.75, 3.05) is 5.32 Å². The molecule has 3 rings (SSSR count). The van der Waals surface area contributed by atoms with E-state index in [0.717, 1.165) is 5.56 Å². The number of benzene rings is 1. The highest BCUT2D eigenvalue weighted by atomic mass is 32.1. The van der Waals surface area contributed by atoms with Gasteiger partial charge in [0.2, 0.25) is 5.13 Å². The Morgan fingerprint density at radius 1 is 1.10 bits per heavy atom. The molecule has 1 aromatic carbocycles. The minimum atomic E-state index is -0.602. The molecule has 1 amide bonds. The van der Waals surface area contributed by atoms with E-state index in [9.17, 15) is 4.79 Å². The predicted octanol–water partition coefficient (Wildman–Crippen LogP) is 3.21. The Kier molecular flexibility index (Phi) is 3.83. The lowest BCUT2D eigenvalue weighted by Gasteiger charge is -2.02. The number of nitrogens with one attached hydrogen (secondary N) is 1. The molecule has 0 saturated heterocycles. The van der Waals surface area contributed by atoms with Crippen molar-refractivity contribution < 1.29 is 9.53 Å². The van der Waals surface area contributed by atoms with Gasteiger partial charge < -0.3 is 4.74 Å². The molecule has 2 heterocycles. The third-order valence-electron chi connectivity index (χ3n) is 2.50. The molecule has 0 aliphatic carbocycles. The van der Waals surface area contributed by atoms with Crippen molar-refractivity contribution in [3.63, 3.8) is 0 Å². The van der Waals surface area contributed by atoms with Crippen molar-refractivity contribution in [3.8, 4) is 16.3 Å². The number of carbonyl (C=O) groups excluding carboxylic acids is 1. The lowest BCUT2D eigenvalue weighted by molar-refractivity contribution is 0.215. The summed E-state index contributed by atoms with van der Waals surface area (Å²) in [6.07, 6.45) is 2.77. The predicted molar refractivity (Wildman–Crippen MR) is 79.2 cm³/mol. The van der Waals surface area contributed by atoms with Crippen LogP contribution >= 0.6 is 11.3 Å². The first-order valence-electron chi connectivity index (χ1n) is 6.09. The lowest BCUT2D eigenvalue weighted by Crippen LogP contribution is -2.16. The highest BCUT2D eigenvalue weighted by Gasteiger charge is 2.11. The SMILES string of the molecule is O=C(Nc1nnc(-c2cccnc2)s1)Oc1ccccc1. The van der Waals surface area contributed by atoms with Gasteiger partial charge in [-0.25, -0.2) is 4.79 Å². The van der Waals surface area contributed by atoms with Gasteiger partial charge in [0, 0.05) is 18.0 Å². The normalized spacial score (nSPS) is 10.1. The molecular weight excluding hydrogens is 288 g/mol. The molecule has 104 valence electrons. The second kappa shape index (κ2) is 6.10. The summed E-state index contributed by atoms with van der Waals surface area (Å²) < 4.78 is 5.11. The molecular formula is C14H10N4O2S. The maximum Gasteiger partial charge on any atom is 0.418 e. The fourth-order valence-electron chi connectivity index (χ4n) is 1.59. The van der Waals surface area contributed by atoms with Crippen LogP contribution in [0.4, 0.5) is 9.93 Å². The second-order valence-corrected chi connectivity index (χ2v) is 4.96. The monoisotopic (exact) mass is 298 g/mol. The molecule has 0 aliphatic rings. The quantitative estimate of drug-likeness (QED) is 0.803. The number of pyridine rings is 1. The van der Waals surface area contributed by atoms with Crippen molar-refractivity contribution in [2.24, 2.45) is 0 Å². The number of hydrogen-bond donors (Lipinski definition) is 1. The fraction of sp³-hybridized carbons (Fsp3) is 0. The zero-order valence-electron chi connectivity index (χ0n) is 10.8. The summed E-state index contributed by atoms with van der Waals surface area (Å²) in [7, 11) is 0. The number of amides is 1. The van der Waals surface area contributed by atoms with Crippen LogP contribution in [0.15, 0.2) is 54.9 Å². The van der Waals surface area contributed by atoms with Gasteiger partial charge in [-0.15, -0.1) is 10.2 Å². The van der Waals surface area contributed by atoms with Crippen molar-refractivity contribution in [3.05, 3.63) is 54.9 Å². The first-order valence-corrected chi connectivity index (χ1v) is 6.91. The maximum absolute atomic E-state index is 11.7. The lowest BCUT2D eigenvalue weighted by atomic mass is 10.3. The third-order valence-corrected chi connectivity index (χ3v) is 3.38. The van der Waals surface area contributed by atoms with E-state index in [1.165, 1.54) is 11.3 Å². The number of carbonyl (C=O) groups is 1. The Morgan fingerprint density at radius 3 is 2.71 bits per heavy atom. The van der Waals surface area contributed by atoms with Crippen LogP contribution in [0.25, 0.3) is 10.6 Å². The minimum Gasteiger partial charge on any atom is -0.410 e. The molecule has 21 heavy (non-hydrogen) atoms. The number of ether oxygens (including phenoxy) is 1. The summed E-state index contributed by atoms with van der Waals surface area (Å²) in [6.45, 7) is 0. The average molecular weight is 298 g/mol. The molecule has 2 aromatic heterocycles. The van der Waals surface area contributed by atoms with Crippen LogP contribution in [-0.4, -0.2) is 21.3 Å². The van der Waals surface area contributed by atoms with Gasteiger partial charge in [0.25, 0.3) is 0 Å². The Hall–Kier alpha value is -2.80. The number of rotatable bonds is 3. The van der Waals surface area contributed by atoms with Crippen molar-refractivity contribution in [1.82, 2.24) is 15.2 Å². The van der Waals surface area contributed by atoms with Crippen LogP contribution in [0.3, 0.4) is 0 Å². The van der Waals surface area contributed by atoms with Crippen LogP contribution in [0.1, 0.15) is 0 Å². The number of nitrogens with zero attached hydrogens (tertiary/aromatic N) is 3. The first kappa shape index (κ1) is 13.2. The molecule has 1 N–H and O–H groups in total. The minimum absolute atomic E-state index is 0.370. The third kappa shape index (κ3) is 3.40. The van der Waals surface area contributed by atoms with Crippen LogP contribution in [0.2, 0.25) is 0 Å². The van der Waals surface area contributed by atoms with Crippen LogP contribution < -0.4 is 10.1 Å². The van der Waals surface area contributed by atoms with Crippen LogP contribution in [0, 0.1) is 0 Å². The van der Waals surface area contributed by atoms with E-state index in [1.807, 2.05) is 18.2 Å². The van der Waals surface area contributed by atoms with Crippen LogP contribution in [-0.2, 0) is 0 Å². The zero-order chi connectivity index (χ0) is 14.5. The highest BCUT2D eigenvalue weighted by Crippen LogP contribution is 2.25. The van der Waals surface area contributed by atoms with Crippen molar-refractivity contribution >= 4 is 22.6 Å². The van der Waals surface area contributed by atoms with E-state index in [0.29, 0.717) is 15.9 Å². The molecule has 0 bridgehead atoms. The molecule has 0 radical (unpaired) electrons. The van der Waals surface area contributed by atoms with Crippen molar-refractivity contribution in [2.45, 2.75) is 0 Å². The largest absolute Gasteiger partial charge is 0.418 e. The summed E-state index contributed by atoms with van der Waals surface area (Å²) in [6, 6.07) is 12.5. The summed E-state index contributed by atoms with van der Waals surface area (Å²) >= 11 is 1.25. The molecule has 0 aliphatic heterocycles. The van der Waals surface area contributed by atoms with Crippen molar-refractivity contribution in [1.29, 1.82) is 0 Å². The molecule has 3 aromatic rings.